The van der Waals surface area contributed by atoms with Gasteiger partial charge in [-0.25, -0.2) is 9.97 Å². The van der Waals surface area contributed by atoms with Crippen molar-refractivity contribution in [3.8, 4) is 5.75 Å². The van der Waals surface area contributed by atoms with E-state index in [0.29, 0.717) is 23.6 Å². The number of pyridine rings is 2. The number of nitrogens with one attached hydrogen (secondary N) is 1. The smallest absolute Gasteiger partial charge is 0.433 e. The van der Waals surface area contributed by atoms with Crippen LogP contribution in [0.2, 0.25) is 0 Å². The summed E-state index contributed by atoms with van der Waals surface area (Å²) in [6.45, 7) is 5.70. The van der Waals surface area contributed by atoms with Crippen molar-refractivity contribution in [2.45, 2.75) is 44.9 Å². The zero-order valence-electron chi connectivity index (χ0n) is 19.4. The number of nitrogens with zero attached hydrogens (tertiary/aromatic N) is 4. The zero-order chi connectivity index (χ0) is 25.2. The fraction of sp³-hybridized carbons (Fsp3) is 0.417. The number of hydrogen-bond acceptors (Lipinski definition) is 6. The lowest BCUT2D eigenvalue weighted by Crippen LogP contribution is -2.34. The van der Waals surface area contributed by atoms with E-state index >= 15 is 0 Å². The third-order valence-corrected chi connectivity index (χ3v) is 5.80. The lowest BCUT2D eigenvalue weighted by molar-refractivity contribution is -0.141. The van der Waals surface area contributed by atoms with Gasteiger partial charge in [0.2, 0.25) is 0 Å². The van der Waals surface area contributed by atoms with E-state index in [9.17, 15) is 22.8 Å². The molecule has 0 unspecified atom stereocenters. The number of carbonyl (C=O) groups excluding carboxylic acids is 2. The van der Waals surface area contributed by atoms with Crippen LogP contribution in [0.3, 0.4) is 0 Å². The van der Waals surface area contributed by atoms with Crippen molar-refractivity contribution >= 4 is 23.5 Å². The number of anilines is 1. The van der Waals surface area contributed by atoms with E-state index in [4.69, 9.17) is 9.72 Å². The average Bonchev–Trinajstić information content (AvgIpc) is 3.22. The van der Waals surface area contributed by atoms with Gasteiger partial charge >= 0.3 is 6.18 Å². The van der Waals surface area contributed by atoms with Gasteiger partial charge in [0, 0.05) is 24.4 Å². The highest BCUT2D eigenvalue weighted by Gasteiger charge is 2.33. The maximum atomic E-state index is 13.0. The van der Waals surface area contributed by atoms with Crippen molar-refractivity contribution in [3.05, 3.63) is 53.7 Å². The van der Waals surface area contributed by atoms with Gasteiger partial charge in [-0.15, -0.1) is 0 Å². The van der Waals surface area contributed by atoms with Gasteiger partial charge in [-0.05, 0) is 51.9 Å². The van der Waals surface area contributed by atoms with Gasteiger partial charge in [0.1, 0.15) is 34.8 Å². The first-order valence-corrected chi connectivity index (χ1v) is 11.3. The van der Waals surface area contributed by atoms with E-state index < -0.39 is 17.8 Å². The van der Waals surface area contributed by atoms with Crippen LogP contribution in [0.4, 0.5) is 18.9 Å². The van der Waals surface area contributed by atoms with E-state index in [2.05, 4.69) is 15.2 Å². The Morgan fingerprint density at radius 1 is 1.23 bits per heavy atom. The van der Waals surface area contributed by atoms with Crippen molar-refractivity contribution in [2.24, 2.45) is 0 Å². The Morgan fingerprint density at radius 2 is 1.97 bits per heavy atom. The molecule has 8 nitrogen and oxygen atoms in total. The van der Waals surface area contributed by atoms with Crippen molar-refractivity contribution in [3.63, 3.8) is 0 Å². The number of rotatable bonds is 7. The molecule has 0 radical (unpaired) electrons. The van der Waals surface area contributed by atoms with Crippen molar-refractivity contribution in [2.75, 3.05) is 25.0 Å². The van der Waals surface area contributed by atoms with Crippen LogP contribution in [-0.2, 0) is 11.0 Å². The van der Waals surface area contributed by atoms with Crippen LogP contribution in [0.25, 0.3) is 5.65 Å². The van der Waals surface area contributed by atoms with Crippen LogP contribution in [0.5, 0.6) is 5.75 Å². The number of piperidine rings is 1. The second kappa shape index (κ2) is 10.0. The predicted octanol–water partition coefficient (Wildman–Crippen LogP) is 4.17. The van der Waals surface area contributed by atoms with Gasteiger partial charge in [-0.2, -0.15) is 13.2 Å². The minimum Gasteiger partial charge on any atom is -0.489 e. The second-order valence-corrected chi connectivity index (χ2v) is 8.75. The molecule has 3 aromatic heterocycles. The van der Waals surface area contributed by atoms with E-state index in [-0.39, 0.29) is 17.7 Å². The molecule has 1 saturated heterocycles. The summed E-state index contributed by atoms with van der Waals surface area (Å²) in [4.78, 5) is 33.8. The Morgan fingerprint density at radius 3 is 2.63 bits per heavy atom. The summed E-state index contributed by atoms with van der Waals surface area (Å²) in [5, 5.41) is 2.63. The van der Waals surface area contributed by atoms with Crippen molar-refractivity contribution < 1.29 is 27.5 Å². The third kappa shape index (κ3) is 5.79. The van der Waals surface area contributed by atoms with Crippen LogP contribution < -0.4 is 10.1 Å². The summed E-state index contributed by atoms with van der Waals surface area (Å²) < 4.78 is 46.7. The Hall–Kier alpha value is -3.47. The quantitative estimate of drug-likeness (QED) is 0.502. The molecule has 0 spiro atoms. The Balaban J connectivity index is 1.60. The molecule has 3 aromatic rings. The number of aldehydes is 1. The number of likely N-dealkylation sites (tertiary alicyclic amines) is 1. The number of imidazole rings is 1. The molecule has 1 amide bonds. The number of ether oxygens (including phenoxy) is 1. The molecular formula is C24H26F3N5O3. The number of halogens is 3. The lowest BCUT2D eigenvalue weighted by atomic mass is 9.94. The Labute approximate surface area is 200 Å². The topological polar surface area (TPSA) is 88.8 Å². The van der Waals surface area contributed by atoms with E-state index in [1.54, 1.807) is 16.7 Å². The number of amides is 1. The molecular weight excluding hydrogens is 463 g/mol. The van der Waals surface area contributed by atoms with Gasteiger partial charge < -0.3 is 19.2 Å². The third-order valence-electron chi connectivity index (χ3n) is 5.80. The first-order valence-electron chi connectivity index (χ1n) is 11.3. The molecule has 4 heterocycles. The first-order chi connectivity index (χ1) is 16.6. The van der Waals surface area contributed by atoms with Gasteiger partial charge in [0.15, 0.2) is 0 Å². The molecule has 11 heteroatoms. The summed E-state index contributed by atoms with van der Waals surface area (Å²) in [7, 11) is 0. The molecule has 0 aromatic carbocycles. The largest absolute Gasteiger partial charge is 0.489 e. The van der Waals surface area contributed by atoms with Crippen molar-refractivity contribution in [1.29, 1.82) is 0 Å². The van der Waals surface area contributed by atoms with Gasteiger partial charge in [0.25, 0.3) is 5.91 Å². The minimum absolute atomic E-state index is 0.212. The molecule has 0 aliphatic carbocycles. The molecule has 1 N–H and O–H groups in total. The number of hydrogen-bond donors (Lipinski definition) is 1. The fourth-order valence-electron chi connectivity index (χ4n) is 4.10. The fourth-order valence-corrected chi connectivity index (χ4v) is 4.10. The molecule has 0 bridgehead atoms. The normalized spacial score (nSPS) is 15.5. The highest BCUT2D eigenvalue weighted by Crippen LogP contribution is 2.32. The molecule has 186 valence electrons. The average molecular weight is 489 g/mol. The number of aromatic nitrogens is 3. The highest BCUT2D eigenvalue weighted by molar-refractivity contribution is 6.03. The molecule has 1 aliphatic heterocycles. The van der Waals surface area contributed by atoms with E-state index in [1.807, 2.05) is 20.0 Å². The number of carbonyl (C=O) groups is 2. The van der Waals surface area contributed by atoms with Gasteiger partial charge in [-0.3, -0.25) is 9.69 Å². The minimum atomic E-state index is -4.66. The highest BCUT2D eigenvalue weighted by atomic mass is 19.4. The lowest BCUT2D eigenvalue weighted by Gasteiger charge is -2.29. The van der Waals surface area contributed by atoms with Crippen LogP contribution in [0.15, 0.2) is 36.7 Å². The second-order valence-electron chi connectivity index (χ2n) is 8.75. The van der Waals surface area contributed by atoms with Crippen LogP contribution in [0.1, 0.15) is 54.5 Å². The molecule has 35 heavy (non-hydrogen) atoms. The summed E-state index contributed by atoms with van der Waals surface area (Å²) in [6, 6.07) is 4.87. The van der Waals surface area contributed by atoms with E-state index in [0.717, 1.165) is 50.0 Å². The summed E-state index contributed by atoms with van der Waals surface area (Å²) >= 11 is 0. The maximum absolute atomic E-state index is 13.0. The Bertz CT molecular complexity index is 1220. The van der Waals surface area contributed by atoms with Crippen molar-refractivity contribution in [1.82, 2.24) is 19.3 Å². The van der Waals surface area contributed by atoms with Gasteiger partial charge in [-0.1, -0.05) is 6.07 Å². The molecule has 1 aliphatic rings. The van der Waals surface area contributed by atoms with Crippen LogP contribution in [-0.4, -0.2) is 57.2 Å². The predicted molar refractivity (Wildman–Crippen MR) is 123 cm³/mol. The van der Waals surface area contributed by atoms with Gasteiger partial charge in [0.05, 0.1) is 18.3 Å². The molecule has 1 fully saturated rings. The molecule has 0 atom stereocenters. The zero-order valence-corrected chi connectivity index (χ0v) is 19.4. The first kappa shape index (κ1) is 24.6. The monoisotopic (exact) mass is 489 g/mol. The number of fused-ring (bicyclic) bond motifs is 1. The Kier molecular flexibility index (Phi) is 7.06. The summed E-state index contributed by atoms with van der Waals surface area (Å²) in [6.07, 6.45) is 1.31. The summed E-state index contributed by atoms with van der Waals surface area (Å²) in [5.74, 6) is -0.197. The SMILES string of the molecule is CC(C)Oc1cc2nc(C3CCN(CC=O)CC3)cn2cc1NC(=O)c1cccc(C(F)(F)F)n1. The molecule has 0 saturated carbocycles. The standard InChI is InChI=1S/C24H26F3N5O3/c1-15(2)35-20-12-22-29-18(16-6-8-31(9-7-16)10-11-33)13-32(22)14-19(20)30-23(34)17-4-3-5-21(28-17)24(25,26)27/h3-5,11-16H,6-10H2,1-2H3,(H,30,34). The summed E-state index contributed by atoms with van der Waals surface area (Å²) in [5.41, 5.74) is 0.317. The number of alkyl halides is 3. The van der Waals surface area contributed by atoms with Crippen LogP contribution in [0, 0.1) is 0 Å². The van der Waals surface area contributed by atoms with Crippen LogP contribution >= 0.6 is 0 Å². The maximum Gasteiger partial charge on any atom is 0.433 e. The van der Waals surface area contributed by atoms with E-state index in [1.165, 1.54) is 6.07 Å². The molecule has 4 rings (SSSR count).